The van der Waals surface area contributed by atoms with Gasteiger partial charge < -0.3 is 15.2 Å². The number of hydrogen-bond donors (Lipinski definition) is 2. The van der Waals surface area contributed by atoms with Gasteiger partial charge in [-0.15, -0.1) is 0 Å². The molecule has 0 aromatic heterocycles. The first-order valence-electron chi connectivity index (χ1n) is 5.83. The number of hydrogen-bond acceptors (Lipinski definition) is 3. The summed E-state index contributed by atoms with van der Waals surface area (Å²) in [6.45, 7) is -0.667. The average molecular weight is 249 g/mol. The third kappa shape index (κ3) is 3.07. The number of aryl methyl sites for hydroxylation is 1. The van der Waals surface area contributed by atoms with Crippen molar-refractivity contribution < 1.29 is 19.4 Å². The minimum Gasteiger partial charge on any atom is -0.480 e. The zero-order valence-electron chi connectivity index (χ0n) is 9.89. The Bertz CT molecular complexity index is 458. The highest BCUT2D eigenvalue weighted by Crippen LogP contribution is 2.30. The maximum absolute atomic E-state index is 11.6. The van der Waals surface area contributed by atoms with E-state index in [1.54, 1.807) is 0 Å². The molecule has 0 bridgehead atoms. The van der Waals surface area contributed by atoms with Crippen LogP contribution in [-0.4, -0.2) is 30.2 Å². The number of benzene rings is 1. The van der Waals surface area contributed by atoms with Gasteiger partial charge in [0.1, 0.15) is 13.2 Å². The van der Waals surface area contributed by atoms with Gasteiger partial charge in [-0.25, -0.2) is 4.79 Å². The van der Waals surface area contributed by atoms with Crippen LogP contribution in [0.5, 0.6) is 0 Å². The summed E-state index contributed by atoms with van der Waals surface area (Å²) in [6.07, 6.45) is 1.83. The molecule has 1 amide bonds. The second-order valence-corrected chi connectivity index (χ2v) is 4.24. The number of ether oxygens (including phenoxy) is 1. The van der Waals surface area contributed by atoms with Gasteiger partial charge in [0.05, 0.1) is 6.04 Å². The molecule has 1 aliphatic carbocycles. The number of carbonyl (C=O) groups is 2. The minimum atomic E-state index is -1.07. The topological polar surface area (TPSA) is 75.6 Å². The van der Waals surface area contributed by atoms with Crippen LogP contribution in [0.1, 0.15) is 23.6 Å². The molecule has 0 heterocycles. The van der Waals surface area contributed by atoms with E-state index in [1.807, 2.05) is 18.2 Å². The second kappa shape index (κ2) is 5.64. The molecule has 96 valence electrons. The molecule has 1 aromatic rings. The number of fused-ring (bicyclic) bond motifs is 1. The molecule has 18 heavy (non-hydrogen) atoms. The van der Waals surface area contributed by atoms with Crippen molar-refractivity contribution in [3.05, 3.63) is 35.4 Å². The van der Waals surface area contributed by atoms with Gasteiger partial charge in [-0.1, -0.05) is 24.3 Å². The largest absolute Gasteiger partial charge is 0.480 e. The van der Waals surface area contributed by atoms with E-state index in [0.29, 0.717) is 0 Å². The molecule has 5 nitrogen and oxygen atoms in total. The van der Waals surface area contributed by atoms with Crippen LogP contribution in [0.2, 0.25) is 0 Å². The molecular weight excluding hydrogens is 234 g/mol. The zero-order valence-corrected chi connectivity index (χ0v) is 9.89. The molecular formula is C13H15NO4. The van der Waals surface area contributed by atoms with E-state index in [0.717, 1.165) is 18.4 Å². The van der Waals surface area contributed by atoms with E-state index < -0.39 is 12.6 Å². The lowest BCUT2D eigenvalue weighted by atomic mass is 10.1. The molecule has 0 saturated heterocycles. The Kier molecular flexibility index (Phi) is 3.94. The Balaban J connectivity index is 1.84. The first kappa shape index (κ1) is 12.6. The predicted molar refractivity (Wildman–Crippen MR) is 64.1 cm³/mol. The smallest absolute Gasteiger partial charge is 0.329 e. The maximum Gasteiger partial charge on any atom is 0.329 e. The van der Waals surface area contributed by atoms with Crippen LogP contribution in [0.4, 0.5) is 0 Å². The van der Waals surface area contributed by atoms with Crippen molar-refractivity contribution in [1.29, 1.82) is 0 Å². The number of rotatable bonds is 5. The number of carboxylic acid groups (broad SMARTS) is 1. The molecule has 0 aliphatic heterocycles. The summed E-state index contributed by atoms with van der Waals surface area (Å²) in [5.41, 5.74) is 2.40. The third-order valence-corrected chi connectivity index (χ3v) is 2.93. The second-order valence-electron chi connectivity index (χ2n) is 4.24. The molecule has 0 radical (unpaired) electrons. The Morgan fingerprint density at radius 3 is 2.89 bits per heavy atom. The van der Waals surface area contributed by atoms with Gasteiger partial charge >= 0.3 is 5.97 Å². The zero-order chi connectivity index (χ0) is 13.0. The van der Waals surface area contributed by atoms with Crippen molar-refractivity contribution in [1.82, 2.24) is 5.32 Å². The Morgan fingerprint density at radius 1 is 1.33 bits per heavy atom. The van der Waals surface area contributed by atoms with E-state index in [4.69, 9.17) is 9.84 Å². The van der Waals surface area contributed by atoms with E-state index in [1.165, 1.54) is 5.56 Å². The lowest BCUT2D eigenvalue weighted by molar-refractivity contribution is -0.143. The molecule has 1 aliphatic rings. The van der Waals surface area contributed by atoms with Crippen molar-refractivity contribution in [2.75, 3.05) is 13.2 Å². The number of amides is 1. The summed E-state index contributed by atoms with van der Waals surface area (Å²) >= 11 is 0. The molecule has 0 saturated carbocycles. The highest BCUT2D eigenvalue weighted by atomic mass is 16.5. The van der Waals surface area contributed by atoms with Crippen LogP contribution < -0.4 is 5.32 Å². The Hall–Kier alpha value is -1.88. The molecule has 1 aromatic carbocycles. The lowest BCUT2D eigenvalue weighted by Crippen LogP contribution is -2.31. The molecule has 0 spiro atoms. The van der Waals surface area contributed by atoms with Crippen LogP contribution in [0.15, 0.2) is 24.3 Å². The summed E-state index contributed by atoms with van der Waals surface area (Å²) in [6, 6.07) is 8.01. The number of carbonyl (C=O) groups excluding carboxylic acids is 1. The van der Waals surface area contributed by atoms with Gasteiger partial charge in [0.25, 0.3) is 0 Å². The molecule has 1 atom stereocenters. The van der Waals surface area contributed by atoms with E-state index in [2.05, 4.69) is 11.4 Å². The van der Waals surface area contributed by atoms with Gasteiger partial charge in [-0.2, -0.15) is 0 Å². The quantitative estimate of drug-likeness (QED) is 0.812. The summed E-state index contributed by atoms with van der Waals surface area (Å²) in [5, 5.41) is 11.2. The van der Waals surface area contributed by atoms with Gasteiger partial charge in [-0.3, -0.25) is 4.79 Å². The van der Waals surface area contributed by atoms with Gasteiger partial charge in [0.15, 0.2) is 0 Å². The monoisotopic (exact) mass is 249 g/mol. The molecule has 2 N–H and O–H groups in total. The fourth-order valence-corrected chi connectivity index (χ4v) is 2.17. The molecule has 5 heteroatoms. The summed E-state index contributed by atoms with van der Waals surface area (Å²) in [4.78, 5) is 21.8. The normalized spacial score (nSPS) is 17.2. The summed E-state index contributed by atoms with van der Waals surface area (Å²) in [7, 11) is 0. The first-order valence-corrected chi connectivity index (χ1v) is 5.83. The van der Waals surface area contributed by atoms with Crippen LogP contribution in [0, 0.1) is 0 Å². The van der Waals surface area contributed by atoms with Crippen molar-refractivity contribution in [3.63, 3.8) is 0 Å². The third-order valence-electron chi connectivity index (χ3n) is 2.93. The SMILES string of the molecule is O=C(O)COCC(=O)NC1CCc2ccccc21. The number of aliphatic carboxylic acids is 1. The van der Waals surface area contributed by atoms with Gasteiger partial charge in [0, 0.05) is 0 Å². The highest BCUT2D eigenvalue weighted by Gasteiger charge is 2.23. The Labute approximate surface area is 105 Å². The fraction of sp³-hybridized carbons (Fsp3) is 0.385. The number of carboxylic acids is 1. The van der Waals surface area contributed by atoms with Gasteiger partial charge in [-0.05, 0) is 24.0 Å². The molecule has 1 unspecified atom stereocenters. The van der Waals surface area contributed by atoms with Crippen LogP contribution in [0.25, 0.3) is 0 Å². The van der Waals surface area contributed by atoms with E-state index in [9.17, 15) is 9.59 Å². The first-order chi connectivity index (χ1) is 8.66. The highest BCUT2D eigenvalue weighted by molar-refractivity contribution is 5.78. The van der Waals surface area contributed by atoms with E-state index in [-0.39, 0.29) is 18.6 Å². The summed E-state index contributed by atoms with van der Waals surface area (Å²) < 4.78 is 4.74. The average Bonchev–Trinajstić information content (AvgIpc) is 2.72. The van der Waals surface area contributed by atoms with Crippen molar-refractivity contribution in [3.8, 4) is 0 Å². The standard InChI is InChI=1S/C13H15NO4/c15-12(7-18-8-13(16)17)14-11-6-5-9-3-1-2-4-10(9)11/h1-4,11H,5-8H2,(H,14,15)(H,16,17). The van der Waals surface area contributed by atoms with Crippen molar-refractivity contribution >= 4 is 11.9 Å². The van der Waals surface area contributed by atoms with Crippen LogP contribution in [0.3, 0.4) is 0 Å². The minimum absolute atomic E-state index is 0.0159. The van der Waals surface area contributed by atoms with Crippen LogP contribution >= 0.6 is 0 Å². The molecule has 0 fully saturated rings. The predicted octanol–water partition coefficient (Wildman–Crippen LogP) is 0.891. The Morgan fingerprint density at radius 2 is 2.11 bits per heavy atom. The van der Waals surface area contributed by atoms with Gasteiger partial charge in [0.2, 0.25) is 5.91 Å². The number of nitrogens with one attached hydrogen (secondary N) is 1. The molecule has 2 rings (SSSR count). The van der Waals surface area contributed by atoms with Crippen molar-refractivity contribution in [2.45, 2.75) is 18.9 Å². The summed E-state index contributed by atoms with van der Waals surface area (Å²) in [5.74, 6) is -1.35. The van der Waals surface area contributed by atoms with Crippen molar-refractivity contribution in [2.24, 2.45) is 0 Å². The maximum atomic E-state index is 11.6. The lowest BCUT2D eigenvalue weighted by Gasteiger charge is -2.13. The van der Waals surface area contributed by atoms with Crippen LogP contribution in [-0.2, 0) is 20.7 Å². The van der Waals surface area contributed by atoms with E-state index >= 15 is 0 Å². The fourth-order valence-electron chi connectivity index (χ4n) is 2.17.